The fraction of sp³-hybridized carbons (Fsp3) is 0.176. The molecule has 3 nitrogen and oxygen atoms in total. The van der Waals surface area contributed by atoms with Gasteiger partial charge in [0.1, 0.15) is 0 Å². The molecule has 0 aliphatic carbocycles. The number of benzene rings is 1. The summed E-state index contributed by atoms with van der Waals surface area (Å²) in [6, 6.07) is 8.08. The van der Waals surface area contributed by atoms with Gasteiger partial charge in [0, 0.05) is 7.05 Å². The first-order chi connectivity index (χ1) is 9.76. The van der Waals surface area contributed by atoms with E-state index in [1.807, 2.05) is 61.2 Å². The van der Waals surface area contributed by atoms with Gasteiger partial charge in [-0.15, -0.1) is 0 Å². The van der Waals surface area contributed by atoms with Crippen LogP contribution in [0.4, 0.5) is 0 Å². The Kier molecular flexibility index (Phi) is 4.66. The molecule has 3 heteroatoms. The molecule has 0 spiro atoms. The molecule has 0 radical (unpaired) electrons. The molecule has 2 aromatic rings. The maximum atomic E-state index is 4.56. The SMILES string of the molecule is C=C/C=C\C(=C/C)CN=Cc1nc2ccccc2n1C. The van der Waals surface area contributed by atoms with Gasteiger partial charge in [-0.2, -0.15) is 0 Å². The summed E-state index contributed by atoms with van der Waals surface area (Å²) in [7, 11) is 2.00. The van der Waals surface area contributed by atoms with Crippen molar-refractivity contribution in [2.75, 3.05) is 6.54 Å². The topological polar surface area (TPSA) is 30.2 Å². The average Bonchev–Trinajstić information content (AvgIpc) is 2.80. The summed E-state index contributed by atoms with van der Waals surface area (Å²) >= 11 is 0. The van der Waals surface area contributed by atoms with Gasteiger partial charge < -0.3 is 4.57 Å². The Bertz CT molecular complexity index is 687. The van der Waals surface area contributed by atoms with Crippen LogP contribution in [-0.4, -0.2) is 22.3 Å². The van der Waals surface area contributed by atoms with E-state index in [1.165, 1.54) is 0 Å². The van der Waals surface area contributed by atoms with Crippen molar-refractivity contribution in [1.82, 2.24) is 9.55 Å². The van der Waals surface area contributed by atoms with E-state index in [1.54, 1.807) is 6.08 Å². The van der Waals surface area contributed by atoms with Crippen molar-refractivity contribution in [1.29, 1.82) is 0 Å². The number of aromatic nitrogens is 2. The van der Waals surface area contributed by atoms with Crippen molar-refractivity contribution >= 4 is 17.2 Å². The van der Waals surface area contributed by atoms with Crippen molar-refractivity contribution in [2.24, 2.45) is 12.0 Å². The summed E-state index contributed by atoms with van der Waals surface area (Å²) in [6.07, 6.45) is 9.56. The molecule has 0 N–H and O–H groups in total. The van der Waals surface area contributed by atoms with Crippen LogP contribution in [0.25, 0.3) is 11.0 Å². The zero-order chi connectivity index (χ0) is 14.4. The number of imidazole rings is 1. The lowest BCUT2D eigenvalue weighted by Crippen LogP contribution is -1.97. The van der Waals surface area contributed by atoms with Crippen LogP contribution in [0, 0.1) is 0 Å². The summed E-state index contributed by atoms with van der Waals surface area (Å²) < 4.78 is 2.05. The molecule has 0 saturated carbocycles. The lowest BCUT2D eigenvalue weighted by Gasteiger charge is -1.97. The summed E-state index contributed by atoms with van der Waals surface area (Å²) in [5.74, 6) is 0.870. The van der Waals surface area contributed by atoms with Crippen LogP contribution in [0.15, 0.2) is 65.7 Å². The molecule has 102 valence electrons. The van der Waals surface area contributed by atoms with E-state index in [0.29, 0.717) is 6.54 Å². The normalized spacial score (nSPS) is 12.8. The Morgan fingerprint density at radius 1 is 1.40 bits per heavy atom. The molecule has 0 saturated heterocycles. The van der Waals surface area contributed by atoms with E-state index in [4.69, 9.17) is 0 Å². The van der Waals surface area contributed by atoms with Crippen LogP contribution >= 0.6 is 0 Å². The maximum Gasteiger partial charge on any atom is 0.151 e. The number of hydrogen-bond acceptors (Lipinski definition) is 2. The smallest absolute Gasteiger partial charge is 0.151 e. The number of para-hydroxylation sites is 2. The lowest BCUT2D eigenvalue weighted by molar-refractivity contribution is 0.932. The van der Waals surface area contributed by atoms with E-state index in [0.717, 1.165) is 22.4 Å². The van der Waals surface area contributed by atoms with E-state index < -0.39 is 0 Å². The Morgan fingerprint density at radius 3 is 2.90 bits per heavy atom. The highest BCUT2D eigenvalue weighted by Gasteiger charge is 2.03. The number of fused-ring (bicyclic) bond motifs is 1. The molecule has 1 aromatic carbocycles. The van der Waals surface area contributed by atoms with E-state index in [9.17, 15) is 0 Å². The van der Waals surface area contributed by atoms with Crippen molar-refractivity contribution in [3.63, 3.8) is 0 Å². The van der Waals surface area contributed by atoms with Crippen molar-refractivity contribution < 1.29 is 0 Å². The number of aliphatic imine (C=N–C) groups is 1. The first-order valence-corrected chi connectivity index (χ1v) is 6.62. The minimum atomic E-state index is 0.643. The molecule has 0 unspecified atom stereocenters. The highest BCUT2D eigenvalue weighted by Crippen LogP contribution is 2.12. The molecule has 20 heavy (non-hydrogen) atoms. The van der Waals surface area contributed by atoms with Gasteiger partial charge in [0.15, 0.2) is 5.82 Å². The van der Waals surface area contributed by atoms with E-state index in [2.05, 4.69) is 22.6 Å². The minimum Gasteiger partial charge on any atom is -0.326 e. The lowest BCUT2D eigenvalue weighted by atomic mass is 10.2. The standard InChI is InChI=1S/C17H19N3/c1-4-6-9-14(5-2)12-18-13-17-19-15-10-7-8-11-16(15)20(17)3/h4-11,13H,1,12H2,2-3H3/b9-6-,14-5+,18-13?. The molecular weight excluding hydrogens is 246 g/mol. The Morgan fingerprint density at radius 2 is 2.20 bits per heavy atom. The van der Waals surface area contributed by atoms with Gasteiger partial charge in [-0.3, -0.25) is 4.99 Å². The molecule has 2 rings (SSSR count). The Hall–Kier alpha value is -2.42. The van der Waals surface area contributed by atoms with Gasteiger partial charge in [-0.05, 0) is 24.6 Å². The van der Waals surface area contributed by atoms with Gasteiger partial charge in [-0.25, -0.2) is 4.98 Å². The number of rotatable bonds is 5. The molecule has 0 bridgehead atoms. The molecule has 0 fully saturated rings. The van der Waals surface area contributed by atoms with Gasteiger partial charge in [0.25, 0.3) is 0 Å². The fourth-order valence-electron chi connectivity index (χ4n) is 1.94. The third-order valence-corrected chi connectivity index (χ3v) is 3.12. The maximum absolute atomic E-state index is 4.56. The summed E-state index contributed by atoms with van der Waals surface area (Å²) in [6.45, 7) is 6.32. The molecule has 0 aliphatic heterocycles. The van der Waals surface area contributed by atoms with Crippen LogP contribution in [-0.2, 0) is 7.05 Å². The zero-order valence-electron chi connectivity index (χ0n) is 12.0. The molecule has 0 atom stereocenters. The monoisotopic (exact) mass is 265 g/mol. The van der Waals surface area contributed by atoms with Crippen LogP contribution in [0.1, 0.15) is 12.7 Å². The first-order valence-electron chi connectivity index (χ1n) is 6.62. The van der Waals surface area contributed by atoms with Gasteiger partial charge in [-0.1, -0.05) is 43.0 Å². The largest absolute Gasteiger partial charge is 0.326 e. The minimum absolute atomic E-state index is 0.643. The zero-order valence-corrected chi connectivity index (χ0v) is 12.0. The third kappa shape index (κ3) is 3.12. The molecule has 1 aromatic heterocycles. The molecular formula is C17H19N3. The fourth-order valence-corrected chi connectivity index (χ4v) is 1.94. The second-order valence-corrected chi connectivity index (χ2v) is 4.45. The number of aryl methyl sites for hydroxylation is 1. The predicted octanol–water partition coefficient (Wildman–Crippen LogP) is 3.68. The summed E-state index contributed by atoms with van der Waals surface area (Å²) in [5, 5.41) is 0. The second-order valence-electron chi connectivity index (χ2n) is 4.45. The molecule has 0 amide bonds. The summed E-state index contributed by atoms with van der Waals surface area (Å²) in [4.78, 5) is 9.02. The van der Waals surface area contributed by atoms with Crippen LogP contribution in [0.3, 0.4) is 0 Å². The number of nitrogens with zero attached hydrogens (tertiary/aromatic N) is 3. The van der Waals surface area contributed by atoms with Gasteiger partial charge >= 0.3 is 0 Å². The first kappa shape index (κ1) is 14.0. The number of allylic oxidation sites excluding steroid dienone is 3. The highest BCUT2D eigenvalue weighted by molar-refractivity contribution is 5.84. The quantitative estimate of drug-likeness (QED) is 0.599. The van der Waals surface area contributed by atoms with Gasteiger partial charge in [0.05, 0.1) is 23.8 Å². The average molecular weight is 265 g/mol. The van der Waals surface area contributed by atoms with Crippen LogP contribution in [0.2, 0.25) is 0 Å². The van der Waals surface area contributed by atoms with E-state index >= 15 is 0 Å². The third-order valence-electron chi connectivity index (χ3n) is 3.12. The molecule has 0 aliphatic rings. The van der Waals surface area contributed by atoms with Gasteiger partial charge in [0.2, 0.25) is 0 Å². The number of hydrogen-bond donors (Lipinski definition) is 0. The molecule has 1 heterocycles. The van der Waals surface area contributed by atoms with Crippen molar-refractivity contribution in [2.45, 2.75) is 6.92 Å². The second kappa shape index (κ2) is 6.66. The van der Waals surface area contributed by atoms with Crippen LogP contribution in [0.5, 0.6) is 0 Å². The van der Waals surface area contributed by atoms with Crippen molar-refractivity contribution in [3.05, 3.63) is 66.5 Å². The predicted molar refractivity (Wildman–Crippen MR) is 86.3 cm³/mol. The Balaban J connectivity index is 2.15. The highest BCUT2D eigenvalue weighted by atomic mass is 15.1. The van der Waals surface area contributed by atoms with Crippen molar-refractivity contribution in [3.8, 4) is 0 Å². The van der Waals surface area contributed by atoms with Crippen LogP contribution < -0.4 is 0 Å². The van der Waals surface area contributed by atoms with E-state index in [-0.39, 0.29) is 0 Å². The summed E-state index contributed by atoms with van der Waals surface area (Å²) in [5.41, 5.74) is 3.26. The Labute approximate surface area is 119 Å².